The van der Waals surface area contributed by atoms with Crippen molar-refractivity contribution in [1.29, 1.82) is 0 Å². The van der Waals surface area contributed by atoms with Crippen LogP contribution in [0.15, 0.2) is 22.7 Å². The van der Waals surface area contributed by atoms with E-state index < -0.39 is 0 Å². The lowest BCUT2D eigenvalue weighted by molar-refractivity contribution is -0.118. The highest BCUT2D eigenvalue weighted by Gasteiger charge is 2.30. The molecule has 1 N–H and O–H groups in total. The van der Waals surface area contributed by atoms with E-state index in [1.54, 1.807) is 11.3 Å². The van der Waals surface area contributed by atoms with Gasteiger partial charge in [-0.05, 0) is 30.7 Å². The van der Waals surface area contributed by atoms with Gasteiger partial charge in [0.05, 0.1) is 10.6 Å². The van der Waals surface area contributed by atoms with E-state index in [0.29, 0.717) is 11.8 Å². The minimum absolute atomic E-state index is 0.0829. The molecular formula is C17H24N4OS2. The number of aromatic nitrogens is 3. The van der Waals surface area contributed by atoms with Crippen molar-refractivity contribution in [2.45, 2.75) is 56.6 Å². The molecule has 24 heavy (non-hydrogen) atoms. The summed E-state index contributed by atoms with van der Waals surface area (Å²) in [5.41, 5.74) is 0. The Balaban J connectivity index is 1.53. The van der Waals surface area contributed by atoms with Crippen LogP contribution in [0.25, 0.3) is 10.7 Å². The quantitative estimate of drug-likeness (QED) is 0.509. The zero-order chi connectivity index (χ0) is 16.8. The second-order valence-electron chi connectivity index (χ2n) is 6.08. The van der Waals surface area contributed by atoms with Crippen LogP contribution < -0.4 is 5.32 Å². The van der Waals surface area contributed by atoms with E-state index in [1.807, 2.05) is 6.07 Å². The largest absolute Gasteiger partial charge is 0.355 e. The van der Waals surface area contributed by atoms with Gasteiger partial charge in [-0.25, -0.2) is 0 Å². The Bertz CT molecular complexity index is 650. The predicted molar refractivity (Wildman–Crippen MR) is 99.5 cm³/mol. The molecule has 0 atom stereocenters. The zero-order valence-corrected chi connectivity index (χ0v) is 15.7. The summed E-state index contributed by atoms with van der Waals surface area (Å²) in [6.07, 6.45) is 7.05. The number of amides is 1. The van der Waals surface area contributed by atoms with Gasteiger partial charge in [-0.15, -0.1) is 21.5 Å². The van der Waals surface area contributed by atoms with E-state index in [2.05, 4.69) is 38.5 Å². The Morgan fingerprint density at radius 2 is 2.25 bits per heavy atom. The van der Waals surface area contributed by atoms with E-state index in [-0.39, 0.29) is 5.91 Å². The first-order chi connectivity index (χ1) is 11.8. The number of thiophene rings is 1. The van der Waals surface area contributed by atoms with Gasteiger partial charge < -0.3 is 5.32 Å². The first kappa shape index (κ1) is 17.5. The standard InChI is InChI=1S/C17H24N4OS2/c1-2-3-4-5-10-18-15(22)12-24-17-20-19-16(14-7-6-11-23-14)21(17)13-8-9-13/h6-7,11,13H,2-5,8-10,12H2,1H3,(H,18,22). The molecule has 0 saturated heterocycles. The van der Waals surface area contributed by atoms with Crippen LogP contribution in [0.1, 0.15) is 51.5 Å². The number of hydrogen-bond acceptors (Lipinski definition) is 5. The van der Waals surface area contributed by atoms with Crippen molar-refractivity contribution in [3.8, 4) is 10.7 Å². The van der Waals surface area contributed by atoms with Crippen molar-refractivity contribution < 1.29 is 4.79 Å². The average molecular weight is 365 g/mol. The Hall–Kier alpha value is -1.34. The summed E-state index contributed by atoms with van der Waals surface area (Å²) in [5, 5.41) is 14.6. The van der Waals surface area contributed by atoms with E-state index in [9.17, 15) is 4.79 Å². The van der Waals surface area contributed by atoms with E-state index >= 15 is 0 Å². The van der Waals surface area contributed by atoms with Crippen molar-refractivity contribution >= 4 is 29.0 Å². The SMILES string of the molecule is CCCCCCNC(=O)CSc1nnc(-c2cccs2)n1C1CC1. The van der Waals surface area contributed by atoms with Crippen LogP contribution in [0.2, 0.25) is 0 Å². The predicted octanol–water partition coefficient (Wildman–Crippen LogP) is 4.13. The number of nitrogens with one attached hydrogen (secondary N) is 1. The van der Waals surface area contributed by atoms with Gasteiger partial charge in [0.1, 0.15) is 0 Å². The third kappa shape index (κ3) is 4.60. The molecule has 3 rings (SSSR count). The molecule has 1 amide bonds. The number of carbonyl (C=O) groups is 1. The lowest BCUT2D eigenvalue weighted by atomic mass is 10.2. The van der Waals surface area contributed by atoms with Gasteiger partial charge in [0.2, 0.25) is 5.91 Å². The Kier molecular flexibility index (Phi) is 6.31. The fourth-order valence-corrected chi connectivity index (χ4v) is 4.11. The molecule has 2 aromatic rings. The van der Waals surface area contributed by atoms with E-state index in [4.69, 9.17) is 0 Å². The summed E-state index contributed by atoms with van der Waals surface area (Å²) >= 11 is 3.17. The van der Waals surface area contributed by atoms with Crippen LogP contribution in [-0.4, -0.2) is 33.0 Å². The summed E-state index contributed by atoms with van der Waals surface area (Å²) in [5.74, 6) is 1.43. The maximum Gasteiger partial charge on any atom is 0.230 e. The van der Waals surface area contributed by atoms with Gasteiger partial charge in [0.25, 0.3) is 0 Å². The van der Waals surface area contributed by atoms with Crippen molar-refractivity contribution in [3.05, 3.63) is 17.5 Å². The molecule has 0 aliphatic heterocycles. The molecule has 0 spiro atoms. The van der Waals surface area contributed by atoms with E-state index in [0.717, 1.165) is 28.8 Å². The number of nitrogens with zero attached hydrogens (tertiary/aromatic N) is 3. The topological polar surface area (TPSA) is 59.8 Å². The molecule has 2 heterocycles. The second-order valence-corrected chi connectivity index (χ2v) is 7.97. The maximum atomic E-state index is 12.0. The van der Waals surface area contributed by atoms with Crippen LogP contribution in [-0.2, 0) is 4.79 Å². The Labute approximate surface area is 151 Å². The first-order valence-corrected chi connectivity index (χ1v) is 10.5. The minimum atomic E-state index is 0.0829. The molecule has 7 heteroatoms. The molecule has 1 aliphatic rings. The normalized spacial score (nSPS) is 14.0. The molecule has 5 nitrogen and oxygen atoms in total. The van der Waals surface area contributed by atoms with Crippen molar-refractivity contribution in [3.63, 3.8) is 0 Å². The molecular weight excluding hydrogens is 340 g/mol. The summed E-state index contributed by atoms with van der Waals surface area (Å²) in [6, 6.07) is 4.60. The monoisotopic (exact) mass is 364 g/mol. The number of rotatable bonds is 10. The number of unbranched alkanes of at least 4 members (excludes halogenated alkanes) is 3. The molecule has 0 radical (unpaired) electrons. The number of thioether (sulfide) groups is 1. The third-order valence-corrected chi connectivity index (χ3v) is 5.81. The fraction of sp³-hybridized carbons (Fsp3) is 0.588. The number of hydrogen-bond donors (Lipinski definition) is 1. The Morgan fingerprint density at radius 1 is 1.38 bits per heavy atom. The molecule has 1 aliphatic carbocycles. The highest BCUT2D eigenvalue weighted by Crippen LogP contribution is 2.41. The maximum absolute atomic E-state index is 12.0. The molecule has 1 fully saturated rings. The summed E-state index contributed by atoms with van der Waals surface area (Å²) in [7, 11) is 0. The van der Waals surface area contributed by atoms with Gasteiger partial charge in [0, 0.05) is 12.6 Å². The third-order valence-electron chi connectivity index (χ3n) is 4.00. The van der Waals surface area contributed by atoms with Gasteiger partial charge in [-0.2, -0.15) is 0 Å². The van der Waals surface area contributed by atoms with E-state index in [1.165, 1.54) is 43.9 Å². The van der Waals surface area contributed by atoms with Crippen LogP contribution in [0.4, 0.5) is 0 Å². The lowest BCUT2D eigenvalue weighted by Gasteiger charge is -2.08. The summed E-state index contributed by atoms with van der Waals surface area (Å²) in [6.45, 7) is 2.96. The Morgan fingerprint density at radius 3 is 2.96 bits per heavy atom. The lowest BCUT2D eigenvalue weighted by Crippen LogP contribution is -2.26. The summed E-state index contributed by atoms with van der Waals surface area (Å²) < 4.78 is 2.21. The fourth-order valence-electron chi connectivity index (χ4n) is 2.57. The van der Waals surface area contributed by atoms with Crippen molar-refractivity contribution in [2.75, 3.05) is 12.3 Å². The van der Waals surface area contributed by atoms with Crippen LogP contribution in [0, 0.1) is 0 Å². The van der Waals surface area contributed by atoms with Crippen LogP contribution >= 0.6 is 23.1 Å². The first-order valence-electron chi connectivity index (χ1n) is 8.68. The molecule has 2 aromatic heterocycles. The molecule has 130 valence electrons. The minimum Gasteiger partial charge on any atom is -0.355 e. The number of carbonyl (C=O) groups excluding carboxylic acids is 1. The van der Waals surface area contributed by atoms with Gasteiger partial charge in [-0.3, -0.25) is 9.36 Å². The van der Waals surface area contributed by atoms with Gasteiger partial charge in [-0.1, -0.05) is 44.0 Å². The second kappa shape index (κ2) is 8.67. The van der Waals surface area contributed by atoms with Crippen molar-refractivity contribution in [1.82, 2.24) is 20.1 Å². The van der Waals surface area contributed by atoms with Crippen LogP contribution in [0.5, 0.6) is 0 Å². The molecule has 0 bridgehead atoms. The highest BCUT2D eigenvalue weighted by atomic mass is 32.2. The molecule has 0 aromatic carbocycles. The molecule has 0 unspecified atom stereocenters. The van der Waals surface area contributed by atoms with Gasteiger partial charge >= 0.3 is 0 Å². The van der Waals surface area contributed by atoms with Crippen LogP contribution in [0.3, 0.4) is 0 Å². The van der Waals surface area contributed by atoms with Gasteiger partial charge in [0.15, 0.2) is 11.0 Å². The zero-order valence-electron chi connectivity index (χ0n) is 14.0. The molecule has 1 saturated carbocycles. The average Bonchev–Trinajstić information content (AvgIpc) is 3.11. The highest BCUT2D eigenvalue weighted by molar-refractivity contribution is 7.99. The smallest absolute Gasteiger partial charge is 0.230 e. The van der Waals surface area contributed by atoms with Crippen molar-refractivity contribution in [2.24, 2.45) is 0 Å². The summed E-state index contributed by atoms with van der Waals surface area (Å²) in [4.78, 5) is 13.1.